The Kier molecular flexibility index (Phi) is 13.4. The molecule has 1 fully saturated rings. The predicted octanol–water partition coefficient (Wildman–Crippen LogP) is 10.6. The van der Waals surface area contributed by atoms with Gasteiger partial charge in [-0.05, 0) is 160 Å². The number of methoxy groups -OCH3 is 1. The van der Waals surface area contributed by atoms with E-state index in [0.717, 1.165) is 85.7 Å². The summed E-state index contributed by atoms with van der Waals surface area (Å²) < 4.78 is 18.7. The van der Waals surface area contributed by atoms with E-state index < -0.39 is 11.5 Å². The average molecular weight is 859 g/mol. The number of carbonyl (C=O) groups is 1. The van der Waals surface area contributed by atoms with Crippen LogP contribution in [0, 0.1) is 11.8 Å². The third-order valence-corrected chi connectivity index (χ3v) is 13.9. The second-order valence-electron chi connectivity index (χ2n) is 18.0. The zero-order chi connectivity index (χ0) is 43.3. The molecule has 1 unspecified atom stereocenters. The number of para-hydroxylation sites is 1. The molecule has 10 nitrogen and oxygen atoms in total. The number of rotatable bonds is 17. The van der Waals surface area contributed by atoms with E-state index in [0.29, 0.717) is 61.2 Å². The Morgan fingerprint density at radius 2 is 1.81 bits per heavy atom. The van der Waals surface area contributed by atoms with Gasteiger partial charge in [-0.2, -0.15) is 0 Å². The number of fused-ring (bicyclic) bond motifs is 3. The second-order valence-corrected chi connectivity index (χ2v) is 18.5. The van der Waals surface area contributed by atoms with Crippen molar-refractivity contribution in [2.45, 2.75) is 101 Å². The smallest absolute Gasteiger partial charge is 0.329 e. The first-order valence-electron chi connectivity index (χ1n) is 22.3. The molecule has 3 aliphatic carbocycles. The maximum absolute atomic E-state index is 13.1. The summed E-state index contributed by atoms with van der Waals surface area (Å²) >= 11 is 6.33. The van der Waals surface area contributed by atoms with E-state index in [1.807, 2.05) is 66.9 Å². The molecule has 0 radical (unpaired) electrons. The summed E-state index contributed by atoms with van der Waals surface area (Å²) in [4.78, 5) is 29.4. The molecule has 2 N–H and O–H groups in total. The largest absolute Gasteiger partial charge is 0.496 e. The van der Waals surface area contributed by atoms with E-state index in [4.69, 9.17) is 35.8 Å². The molecule has 0 amide bonds. The van der Waals surface area contributed by atoms with Gasteiger partial charge in [0.25, 0.3) is 0 Å². The van der Waals surface area contributed by atoms with Crippen molar-refractivity contribution in [2.24, 2.45) is 11.8 Å². The summed E-state index contributed by atoms with van der Waals surface area (Å²) in [5.74, 6) is 3.51. The number of anilines is 1. The molecule has 62 heavy (non-hydrogen) atoms. The topological polar surface area (TPSA) is 119 Å². The fourth-order valence-electron chi connectivity index (χ4n) is 10.5. The SMILES string of the molecule is COc1ccccc1-c1nccc(CN(C)CCCOc2ccc3c(c2)C2(CCC(Nc4cccc(Cl)c4)(C(=O)O)CC2)C(C[C@@H](C)COc2ccnc4c2[C@H](C)CCC4)C3)n1. The molecule has 1 saturated carbocycles. The summed E-state index contributed by atoms with van der Waals surface area (Å²) in [5, 5.41) is 14.8. The normalized spacial score (nSPS) is 22.2. The van der Waals surface area contributed by atoms with E-state index in [9.17, 15) is 9.90 Å². The molecule has 2 heterocycles. The van der Waals surface area contributed by atoms with E-state index in [2.05, 4.69) is 54.3 Å². The van der Waals surface area contributed by atoms with Crippen LogP contribution in [0.15, 0.2) is 91.3 Å². The zero-order valence-electron chi connectivity index (χ0n) is 36.5. The third-order valence-electron chi connectivity index (χ3n) is 13.7. The Balaban J connectivity index is 0.947. The van der Waals surface area contributed by atoms with Crippen molar-refractivity contribution in [2.75, 3.05) is 39.2 Å². The van der Waals surface area contributed by atoms with Gasteiger partial charge < -0.3 is 29.5 Å². The Hall–Kier alpha value is -5.19. The van der Waals surface area contributed by atoms with E-state index in [1.54, 1.807) is 13.3 Å². The molecule has 5 aromatic rings. The van der Waals surface area contributed by atoms with Crippen LogP contribution in [0.4, 0.5) is 5.69 Å². The van der Waals surface area contributed by atoms with Crippen molar-refractivity contribution >= 4 is 23.3 Å². The summed E-state index contributed by atoms with van der Waals surface area (Å²) in [7, 11) is 3.76. The van der Waals surface area contributed by atoms with Gasteiger partial charge in [0, 0.05) is 47.5 Å². The number of carboxylic acids is 1. The Morgan fingerprint density at radius 1 is 0.984 bits per heavy atom. The van der Waals surface area contributed by atoms with Crippen LogP contribution in [-0.2, 0) is 29.6 Å². The van der Waals surface area contributed by atoms with E-state index in [1.165, 1.54) is 28.8 Å². The van der Waals surface area contributed by atoms with Crippen LogP contribution < -0.4 is 19.5 Å². The van der Waals surface area contributed by atoms with Crippen LogP contribution in [0.2, 0.25) is 5.02 Å². The average Bonchev–Trinajstić information content (AvgIpc) is 3.56. The van der Waals surface area contributed by atoms with Crippen molar-refractivity contribution in [3.63, 3.8) is 0 Å². The van der Waals surface area contributed by atoms with Crippen molar-refractivity contribution < 1.29 is 24.1 Å². The lowest BCUT2D eigenvalue weighted by molar-refractivity contribution is -0.144. The molecule has 0 aliphatic heterocycles. The van der Waals surface area contributed by atoms with Crippen LogP contribution in [0.1, 0.15) is 99.2 Å². The minimum Gasteiger partial charge on any atom is -0.496 e. The Bertz CT molecular complexity index is 2350. The summed E-state index contributed by atoms with van der Waals surface area (Å²) in [6.45, 7) is 7.31. The lowest BCUT2D eigenvalue weighted by atomic mass is 9.59. The third kappa shape index (κ3) is 9.42. The molecular weight excluding hydrogens is 798 g/mol. The van der Waals surface area contributed by atoms with Crippen LogP contribution in [-0.4, -0.2) is 70.4 Å². The number of hydrogen-bond acceptors (Lipinski definition) is 9. The number of halogens is 1. The minimum atomic E-state index is -1.09. The number of benzene rings is 3. The maximum Gasteiger partial charge on any atom is 0.329 e. The highest BCUT2D eigenvalue weighted by Crippen LogP contribution is 2.57. The minimum absolute atomic E-state index is 0.178. The second kappa shape index (κ2) is 19.1. The molecule has 8 rings (SSSR count). The van der Waals surface area contributed by atoms with E-state index >= 15 is 0 Å². The van der Waals surface area contributed by atoms with Gasteiger partial charge in [0.1, 0.15) is 22.8 Å². The van der Waals surface area contributed by atoms with Gasteiger partial charge >= 0.3 is 5.97 Å². The van der Waals surface area contributed by atoms with Crippen molar-refractivity contribution in [3.05, 3.63) is 124 Å². The van der Waals surface area contributed by atoms with Gasteiger partial charge in [0.2, 0.25) is 0 Å². The number of carboxylic acid groups (broad SMARTS) is 1. The standard InChI is InChI=1S/C51H60ClN5O5/c1-34(33-62-46-19-25-53-44-14-7-10-35(2)47(44)46)28-37-29-36-16-17-41(31-43(36)50(37)20-22-51(23-21-50,49(58)59)56-39-12-8-11-38(52)30-39)61-27-9-26-57(3)32-40-18-24-54-48(55-40)42-13-5-6-15-45(42)60-4/h5-6,8,11-13,15-19,24-25,30-31,34-35,37,56H,7,9-10,14,20-23,26-29,32-33H2,1-4H3,(H,58,59)/t34-,35-,37?,50?,51?/m1/s1. The van der Waals surface area contributed by atoms with Crippen molar-refractivity contribution in [1.29, 1.82) is 0 Å². The number of hydrogen-bond donors (Lipinski definition) is 2. The molecular formula is C51H60ClN5O5. The molecule has 0 saturated heterocycles. The highest BCUT2D eigenvalue weighted by molar-refractivity contribution is 6.30. The quantitative estimate of drug-likeness (QED) is 0.0875. The molecule has 1 spiro atoms. The highest BCUT2D eigenvalue weighted by atomic mass is 35.5. The predicted molar refractivity (Wildman–Crippen MR) is 245 cm³/mol. The number of ether oxygens (including phenoxy) is 3. The highest BCUT2D eigenvalue weighted by Gasteiger charge is 2.54. The van der Waals surface area contributed by atoms with Gasteiger partial charge in [0.15, 0.2) is 5.82 Å². The summed E-state index contributed by atoms with van der Waals surface area (Å²) in [5.41, 5.74) is 6.40. The van der Waals surface area contributed by atoms with Crippen LogP contribution >= 0.6 is 11.6 Å². The first kappa shape index (κ1) is 43.5. The number of pyridine rings is 1. The zero-order valence-corrected chi connectivity index (χ0v) is 37.3. The molecule has 0 bridgehead atoms. The number of aromatic nitrogens is 3. The molecule has 326 valence electrons. The van der Waals surface area contributed by atoms with Gasteiger partial charge in [-0.1, -0.05) is 49.7 Å². The first-order valence-corrected chi connectivity index (χ1v) is 22.7. The van der Waals surface area contributed by atoms with Crippen molar-refractivity contribution in [1.82, 2.24) is 19.9 Å². The van der Waals surface area contributed by atoms with Gasteiger partial charge in [0.05, 0.1) is 31.6 Å². The number of aryl methyl sites for hydroxylation is 1. The van der Waals surface area contributed by atoms with Crippen molar-refractivity contribution in [3.8, 4) is 28.6 Å². The molecule has 2 aromatic heterocycles. The number of aliphatic carboxylic acids is 1. The lowest BCUT2D eigenvalue weighted by Gasteiger charge is -2.47. The van der Waals surface area contributed by atoms with E-state index in [-0.39, 0.29) is 5.41 Å². The Labute approximate surface area is 371 Å². The van der Waals surface area contributed by atoms with Crippen LogP contribution in [0.25, 0.3) is 11.4 Å². The monoisotopic (exact) mass is 857 g/mol. The fraction of sp³-hybridized carbons (Fsp3) is 0.451. The fourth-order valence-corrected chi connectivity index (χ4v) is 10.7. The molecule has 3 aliphatic rings. The summed E-state index contributed by atoms with van der Waals surface area (Å²) in [6, 6.07) is 25.8. The molecule has 3 atom stereocenters. The number of nitrogens with one attached hydrogen (secondary N) is 1. The molecule has 11 heteroatoms. The van der Waals surface area contributed by atoms with Gasteiger partial charge in [-0.25, -0.2) is 14.8 Å². The summed E-state index contributed by atoms with van der Waals surface area (Å²) in [6.07, 6.45) is 12.3. The molecule has 3 aromatic carbocycles. The van der Waals surface area contributed by atoms with Gasteiger partial charge in [-0.15, -0.1) is 0 Å². The maximum atomic E-state index is 13.1. The Morgan fingerprint density at radius 3 is 2.61 bits per heavy atom. The lowest BCUT2D eigenvalue weighted by Crippen LogP contribution is -2.53. The van der Waals surface area contributed by atoms with Gasteiger partial charge in [-0.3, -0.25) is 4.98 Å². The van der Waals surface area contributed by atoms with Crippen LogP contribution in [0.5, 0.6) is 17.2 Å². The van der Waals surface area contributed by atoms with Crippen LogP contribution in [0.3, 0.4) is 0 Å². The number of nitrogens with zero attached hydrogens (tertiary/aromatic N) is 4. The first-order chi connectivity index (χ1) is 30.1.